The molecule has 262 valence electrons. The molecule has 2 aliphatic carbocycles. The number of nitrogens with one attached hydrogen (secondary N) is 2. The molecule has 14 heteroatoms. The van der Waals surface area contributed by atoms with E-state index >= 15 is 4.39 Å². The summed E-state index contributed by atoms with van der Waals surface area (Å²) < 4.78 is 38.9. The Morgan fingerprint density at radius 1 is 0.980 bits per heavy atom. The second-order valence-electron chi connectivity index (χ2n) is 14.9. The molecular weight excluding hydrogens is 637 g/mol. The molecule has 0 bridgehead atoms. The Morgan fingerprint density at radius 3 is 2.33 bits per heavy atom. The van der Waals surface area contributed by atoms with Crippen LogP contribution in [0, 0.1) is 18.7 Å². The van der Waals surface area contributed by atoms with Gasteiger partial charge in [0.1, 0.15) is 35.4 Å². The third kappa shape index (κ3) is 7.33. The highest BCUT2D eigenvalue weighted by Crippen LogP contribution is 2.51. The number of hydrogen-bond acceptors (Lipinski definition) is 10. The molecule has 0 radical (unpaired) electrons. The van der Waals surface area contributed by atoms with Crippen LogP contribution in [0.1, 0.15) is 72.8 Å². The smallest absolute Gasteiger partial charge is 0.415 e. The monoisotopic (exact) mass is 679 g/mol. The zero-order valence-electron chi connectivity index (χ0n) is 28.7. The first-order valence-corrected chi connectivity index (χ1v) is 16.4. The van der Waals surface area contributed by atoms with E-state index in [0.29, 0.717) is 35.0 Å². The van der Waals surface area contributed by atoms with E-state index in [1.807, 2.05) is 0 Å². The van der Waals surface area contributed by atoms with Crippen molar-refractivity contribution >= 4 is 46.2 Å². The van der Waals surface area contributed by atoms with Crippen LogP contribution in [0.15, 0.2) is 24.5 Å². The van der Waals surface area contributed by atoms with Gasteiger partial charge in [-0.1, -0.05) is 0 Å². The number of benzene rings is 1. The molecular formula is C35H42FN5O8. The molecule has 3 aliphatic rings. The van der Waals surface area contributed by atoms with Gasteiger partial charge in [-0.15, -0.1) is 0 Å². The molecule has 1 aromatic carbocycles. The average Bonchev–Trinajstić information content (AvgIpc) is 3.82. The minimum absolute atomic E-state index is 0.0506. The molecule has 3 amide bonds. The summed E-state index contributed by atoms with van der Waals surface area (Å²) >= 11 is 0. The quantitative estimate of drug-likeness (QED) is 0.238. The highest BCUT2D eigenvalue weighted by molar-refractivity contribution is 6.05. The fourth-order valence-corrected chi connectivity index (χ4v) is 6.22. The molecule has 2 saturated carbocycles. The van der Waals surface area contributed by atoms with Gasteiger partial charge in [0.05, 0.1) is 17.8 Å². The number of nitrogens with zero attached hydrogens (tertiary/aromatic N) is 3. The lowest BCUT2D eigenvalue weighted by atomic mass is 9.74. The minimum Gasteiger partial charge on any atom is -0.474 e. The van der Waals surface area contributed by atoms with Crippen LogP contribution >= 0.6 is 0 Å². The van der Waals surface area contributed by atoms with Gasteiger partial charge in [0.2, 0.25) is 5.88 Å². The standard InChI is InChI=1S/C35H42FN5O8/c1-18-23(16-38-29-28(18)41(10-11-46-29)32(44)49-34(5,6)7)22-12-19-13-25(39-30(42)47-21-14-35(45,15-21)20-8-9-20)37-17-24(19)27(26(22)36)40-31(43)48-33(2,3)4/h12-13,16-17,20-21,45H,8-11,14-15H2,1-7H3,(H,40,43)(H,37,39,42). The lowest BCUT2D eigenvalue weighted by molar-refractivity contribution is -0.126. The van der Waals surface area contributed by atoms with Crippen LogP contribution < -0.4 is 20.3 Å². The van der Waals surface area contributed by atoms with Crippen molar-refractivity contribution in [2.45, 2.75) is 97.1 Å². The zero-order chi connectivity index (χ0) is 35.5. The van der Waals surface area contributed by atoms with E-state index in [2.05, 4.69) is 20.6 Å². The summed E-state index contributed by atoms with van der Waals surface area (Å²) in [7, 11) is 0. The summed E-state index contributed by atoms with van der Waals surface area (Å²) in [4.78, 5) is 49.0. The van der Waals surface area contributed by atoms with Crippen molar-refractivity contribution in [2.75, 3.05) is 28.7 Å². The lowest BCUT2D eigenvalue weighted by Crippen LogP contribution is -2.51. The summed E-state index contributed by atoms with van der Waals surface area (Å²) in [5.41, 5.74) is -1.38. The van der Waals surface area contributed by atoms with E-state index in [1.165, 1.54) is 23.4 Å². The van der Waals surface area contributed by atoms with E-state index in [9.17, 15) is 19.5 Å². The van der Waals surface area contributed by atoms with Crippen LogP contribution in [0.2, 0.25) is 0 Å². The normalized spacial score (nSPS) is 20.4. The first kappa shape index (κ1) is 34.2. The third-order valence-corrected chi connectivity index (χ3v) is 8.59. The van der Waals surface area contributed by atoms with Gasteiger partial charge in [0, 0.05) is 41.7 Å². The Bertz CT molecular complexity index is 1830. The molecule has 2 fully saturated rings. The van der Waals surface area contributed by atoms with E-state index in [-0.39, 0.29) is 47.4 Å². The lowest BCUT2D eigenvalue weighted by Gasteiger charge is -2.43. The van der Waals surface area contributed by atoms with Gasteiger partial charge in [0.25, 0.3) is 0 Å². The van der Waals surface area contributed by atoms with E-state index in [0.717, 1.165) is 12.8 Å². The fraction of sp³-hybridized carbons (Fsp3) is 0.514. The number of halogens is 1. The molecule has 1 aliphatic heterocycles. The predicted octanol–water partition coefficient (Wildman–Crippen LogP) is 7.08. The van der Waals surface area contributed by atoms with Crippen molar-refractivity contribution in [1.82, 2.24) is 9.97 Å². The summed E-state index contributed by atoms with van der Waals surface area (Å²) in [6, 6.07) is 3.07. The van der Waals surface area contributed by atoms with E-state index in [1.54, 1.807) is 54.5 Å². The van der Waals surface area contributed by atoms with Gasteiger partial charge < -0.3 is 24.1 Å². The Balaban J connectivity index is 1.36. The maximum Gasteiger partial charge on any atom is 0.415 e. The number of carbonyl (C=O) groups is 3. The number of pyridine rings is 2. The number of carbonyl (C=O) groups excluding carboxylic acids is 3. The largest absolute Gasteiger partial charge is 0.474 e. The summed E-state index contributed by atoms with van der Waals surface area (Å²) in [5.74, 6) is -0.195. The van der Waals surface area contributed by atoms with Crippen molar-refractivity contribution in [3.8, 4) is 17.0 Å². The topological polar surface area (TPSA) is 161 Å². The fourth-order valence-electron chi connectivity index (χ4n) is 6.22. The minimum atomic E-state index is -0.882. The second kappa shape index (κ2) is 12.3. The van der Waals surface area contributed by atoms with Gasteiger partial charge in [-0.05, 0) is 90.3 Å². The molecule has 6 rings (SSSR count). The molecule has 3 N–H and O–H groups in total. The summed E-state index contributed by atoms with van der Waals surface area (Å²) in [6.07, 6.45) is 2.91. The van der Waals surface area contributed by atoms with Crippen molar-refractivity contribution in [3.63, 3.8) is 0 Å². The number of anilines is 3. The van der Waals surface area contributed by atoms with Gasteiger partial charge in [-0.25, -0.2) is 28.7 Å². The van der Waals surface area contributed by atoms with Crippen molar-refractivity contribution in [2.24, 2.45) is 5.92 Å². The predicted molar refractivity (Wildman–Crippen MR) is 179 cm³/mol. The summed E-state index contributed by atoms with van der Waals surface area (Å²) in [5, 5.41) is 16.4. The van der Waals surface area contributed by atoms with Crippen LogP contribution in [0.3, 0.4) is 0 Å². The number of hydrogen-bond donors (Lipinski definition) is 3. The zero-order valence-corrected chi connectivity index (χ0v) is 28.7. The molecule has 3 heterocycles. The number of aromatic nitrogens is 2. The first-order chi connectivity index (χ1) is 22.9. The van der Waals surface area contributed by atoms with Gasteiger partial charge in [-0.3, -0.25) is 15.5 Å². The van der Waals surface area contributed by atoms with Crippen LogP contribution in [0.25, 0.3) is 21.9 Å². The molecule has 0 saturated heterocycles. The van der Waals surface area contributed by atoms with Crippen LogP contribution in [0.4, 0.5) is 36.0 Å². The van der Waals surface area contributed by atoms with Crippen LogP contribution in [-0.2, 0) is 14.2 Å². The molecule has 0 unspecified atom stereocenters. The van der Waals surface area contributed by atoms with E-state index in [4.69, 9.17) is 18.9 Å². The van der Waals surface area contributed by atoms with Crippen molar-refractivity contribution in [3.05, 3.63) is 35.9 Å². The average molecular weight is 680 g/mol. The molecule has 13 nitrogen and oxygen atoms in total. The number of rotatable bonds is 5. The first-order valence-electron chi connectivity index (χ1n) is 16.4. The van der Waals surface area contributed by atoms with Crippen LogP contribution in [-0.4, -0.2) is 69.4 Å². The number of aliphatic hydroxyl groups is 1. The Labute approximate surface area is 283 Å². The van der Waals surface area contributed by atoms with Crippen LogP contribution in [0.5, 0.6) is 5.88 Å². The van der Waals surface area contributed by atoms with Gasteiger partial charge in [0.15, 0.2) is 5.82 Å². The summed E-state index contributed by atoms with van der Waals surface area (Å²) in [6.45, 7) is 12.4. The number of amides is 3. The van der Waals surface area contributed by atoms with E-state index < -0.39 is 47.0 Å². The van der Waals surface area contributed by atoms with Crippen molar-refractivity contribution in [1.29, 1.82) is 0 Å². The van der Waals surface area contributed by atoms with Gasteiger partial charge >= 0.3 is 18.3 Å². The molecule has 2 aromatic heterocycles. The Kier molecular flexibility index (Phi) is 8.58. The number of ether oxygens (including phenoxy) is 4. The highest BCUT2D eigenvalue weighted by Gasteiger charge is 2.54. The Hall–Kier alpha value is -4.72. The molecule has 0 atom stereocenters. The maximum absolute atomic E-state index is 16.6. The Morgan fingerprint density at radius 2 is 1.67 bits per heavy atom. The second-order valence-corrected chi connectivity index (χ2v) is 14.9. The number of fused-ring (bicyclic) bond motifs is 2. The highest BCUT2D eigenvalue weighted by atomic mass is 19.1. The SMILES string of the molecule is Cc1c(-c2cc3cc(NC(=O)OC4CC(O)(C5CC5)C4)ncc3c(NC(=O)OC(C)(C)C)c2F)cnc2c1N(C(=O)OC(C)(C)C)CCO2. The van der Waals surface area contributed by atoms with Gasteiger partial charge in [-0.2, -0.15) is 0 Å². The molecule has 49 heavy (non-hydrogen) atoms. The molecule has 3 aromatic rings. The molecule has 0 spiro atoms. The maximum atomic E-state index is 16.6. The third-order valence-electron chi connectivity index (χ3n) is 8.59. The van der Waals surface area contributed by atoms with Crippen molar-refractivity contribution < 1.29 is 42.8 Å².